The number of benzene rings is 1. The molecule has 2 rings (SSSR count). The maximum atomic E-state index is 5.98. The van der Waals surface area contributed by atoms with Gasteiger partial charge in [0.15, 0.2) is 0 Å². The van der Waals surface area contributed by atoms with Gasteiger partial charge in [-0.15, -0.1) is 10.2 Å². The second kappa shape index (κ2) is 3.59. The minimum atomic E-state index is 0.384. The van der Waals surface area contributed by atoms with Crippen LogP contribution in [0.25, 0.3) is 11.5 Å². The van der Waals surface area contributed by atoms with E-state index in [1.54, 1.807) is 25.1 Å². The van der Waals surface area contributed by atoms with Gasteiger partial charge in [-0.1, -0.05) is 29.3 Å². The smallest absolute Gasteiger partial charge is 0.249 e. The monoisotopic (exact) mass is 228 g/mol. The summed E-state index contributed by atoms with van der Waals surface area (Å²) in [7, 11) is 0. The third kappa shape index (κ3) is 1.61. The molecule has 2 aromatic rings. The first kappa shape index (κ1) is 9.49. The van der Waals surface area contributed by atoms with E-state index in [2.05, 4.69) is 10.2 Å². The van der Waals surface area contributed by atoms with Crippen molar-refractivity contribution in [2.75, 3.05) is 0 Å². The summed E-state index contributed by atoms with van der Waals surface area (Å²) in [6, 6.07) is 5.26. The Kier molecular flexibility index (Phi) is 2.44. The van der Waals surface area contributed by atoms with E-state index in [-0.39, 0.29) is 0 Å². The number of hydrogen-bond acceptors (Lipinski definition) is 3. The predicted molar refractivity (Wildman–Crippen MR) is 54.5 cm³/mol. The van der Waals surface area contributed by atoms with Crippen LogP contribution in [0, 0.1) is 6.92 Å². The zero-order chi connectivity index (χ0) is 10.1. The van der Waals surface area contributed by atoms with E-state index in [0.29, 0.717) is 27.4 Å². The predicted octanol–water partition coefficient (Wildman–Crippen LogP) is 3.35. The van der Waals surface area contributed by atoms with Gasteiger partial charge in [0, 0.05) is 6.92 Å². The van der Waals surface area contributed by atoms with Gasteiger partial charge >= 0.3 is 0 Å². The van der Waals surface area contributed by atoms with Crippen LogP contribution in [0.4, 0.5) is 0 Å². The van der Waals surface area contributed by atoms with Crippen molar-refractivity contribution in [3.63, 3.8) is 0 Å². The van der Waals surface area contributed by atoms with Gasteiger partial charge in [0.05, 0.1) is 15.6 Å². The molecule has 0 radical (unpaired) electrons. The van der Waals surface area contributed by atoms with Crippen molar-refractivity contribution in [1.82, 2.24) is 10.2 Å². The molecule has 3 nitrogen and oxygen atoms in total. The zero-order valence-corrected chi connectivity index (χ0v) is 8.80. The molecule has 0 aliphatic rings. The van der Waals surface area contributed by atoms with Crippen LogP contribution in [0.15, 0.2) is 22.6 Å². The van der Waals surface area contributed by atoms with Gasteiger partial charge in [0.2, 0.25) is 11.8 Å². The highest BCUT2D eigenvalue weighted by molar-refractivity contribution is 6.43. The summed E-state index contributed by atoms with van der Waals surface area (Å²) < 4.78 is 5.24. The molecule has 1 aromatic carbocycles. The zero-order valence-electron chi connectivity index (χ0n) is 7.29. The summed E-state index contributed by atoms with van der Waals surface area (Å²) in [6.45, 7) is 1.72. The van der Waals surface area contributed by atoms with Crippen LogP contribution in [0.3, 0.4) is 0 Å². The topological polar surface area (TPSA) is 38.9 Å². The van der Waals surface area contributed by atoms with Gasteiger partial charge in [-0.05, 0) is 12.1 Å². The molecular weight excluding hydrogens is 223 g/mol. The average Bonchev–Trinajstić information content (AvgIpc) is 2.57. The quantitative estimate of drug-likeness (QED) is 0.752. The Morgan fingerprint density at radius 2 is 2.00 bits per heavy atom. The van der Waals surface area contributed by atoms with E-state index in [1.807, 2.05) is 0 Å². The van der Waals surface area contributed by atoms with Crippen molar-refractivity contribution in [3.05, 3.63) is 34.1 Å². The molecule has 0 aliphatic carbocycles. The van der Waals surface area contributed by atoms with Gasteiger partial charge in [-0.25, -0.2) is 0 Å². The van der Waals surface area contributed by atoms with Crippen LogP contribution in [-0.4, -0.2) is 10.2 Å². The van der Waals surface area contributed by atoms with Crippen molar-refractivity contribution in [2.45, 2.75) is 6.92 Å². The Labute approximate surface area is 90.7 Å². The summed E-state index contributed by atoms with van der Waals surface area (Å²) in [4.78, 5) is 0. The highest BCUT2D eigenvalue weighted by Gasteiger charge is 2.11. The number of aryl methyl sites for hydroxylation is 1. The van der Waals surface area contributed by atoms with Crippen LogP contribution in [0.5, 0.6) is 0 Å². The van der Waals surface area contributed by atoms with Crippen LogP contribution < -0.4 is 0 Å². The standard InChI is InChI=1S/C9H6Cl2N2O/c1-5-12-13-9(14-5)6-3-2-4-7(10)8(6)11/h2-4H,1H3. The summed E-state index contributed by atoms with van der Waals surface area (Å²) in [5.74, 6) is 0.881. The Morgan fingerprint density at radius 1 is 1.21 bits per heavy atom. The number of nitrogens with zero attached hydrogens (tertiary/aromatic N) is 2. The maximum Gasteiger partial charge on any atom is 0.249 e. The first-order valence-corrected chi connectivity index (χ1v) is 4.68. The van der Waals surface area contributed by atoms with E-state index >= 15 is 0 Å². The molecule has 72 valence electrons. The largest absolute Gasteiger partial charge is 0.421 e. The molecule has 0 unspecified atom stereocenters. The average molecular weight is 229 g/mol. The van der Waals surface area contributed by atoms with Gasteiger partial charge < -0.3 is 4.42 Å². The second-order valence-electron chi connectivity index (χ2n) is 2.73. The minimum Gasteiger partial charge on any atom is -0.421 e. The van der Waals surface area contributed by atoms with E-state index in [1.165, 1.54) is 0 Å². The summed E-state index contributed by atoms with van der Waals surface area (Å²) in [6.07, 6.45) is 0. The van der Waals surface area contributed by atoms with Crippen molar-refractivity contribution in [2.24, 2.45) is 0 Å². The summed E-state index contributed by atoms with van der Waals surface area (Å²) in [5.41, 5.74) is 0.653. The molecule has 5 heteroatoms. The molecule has 0 N–H and O–H groups in total. The number of rotatable bonds is 1. The fraction of sp³-hybridized carbons (Fsp3) is 0.111. The lowest BCUT2D eigenvalue weighted by Crippen LogP contribution is -1.80. The van der Waals surface area contributed by atoms with E-state index in [9.17, 15) is 0 Å². The van der Waals surface area contributed by atoms with Crippen LogP contribution in [0.1, 0.15) is 5.89 Å². The molecule has 0 bridgehead atoms. The normalized spacial score (nSPS) is 10.5. The molecule has 1 aromatic heterocycles. The van der Waals surface area contributed by atoms with E-state index in [4.69, 9.17) is 27.6 Å². The Morgan fingerprint density at radius 3 is 2.64 bits per heavy atom. The SMILES string of the molecule is Cc1nnc(-c2cccc(Cl)c2Cl)o1. The highest BCUT2D eigenvalue weighted by atomic mass is 35.5. The second-order valence-corrected chi connectivity index (χ2v) is 3.51. The molecule has 0 saturated heterocycles. The third-order valence-corrected chi connectivity index (χ3v) is 2.53. The van der Waals surface area contributed by atoms with Crippen LogP contribution in [0.2, 0.25) is 10.0 Å². The number of halogens is 2. The molecule has 0 aliphatic heterocycles. The highest BCUT2D eigenvalue weighted by Crippen LogP contribution is 2.32. The molecular formula is C9H6Cl2N2O. The maximum absolute atomic E-state index is 5.98. The van der Waals surface area contributed by atoms with Crippen LogP contribution in [-0.2, 0) is 0 Å². The molecule has 0 fully saturated rings. The molecule has 14 heavy (non-hydrogen) atoms. The van der Waals surface area contributed by atoms with Crippen molar-refractivity contribution in [3.8, 4) is 11.5 Å². The molecule has 0 spiro atoms. The van der Waals surface area contributed by atoms with E-state index in [0.717, 1.165) is 0 Å². The molecule has 0 amide bonds. The fourth-order valence-electron chi connectivity index (χ4n) is 1.07. The first-order chi connectivity index (χ1) is 6.68. The van der Waals surface area contributed by atoms with Gasteiger partial charge in [-0.2, -0.15) is 0 Å². The van der Waals surface area contributed by atoms with Crippen molar-refractivity contribution >= 4 is 23.2 Å². The number of aromatic nitrogens is 2. The Hall–Kier alpha value is -1.06. The first-order valence-electron chi connectivity index (χ1n) is 3.93. The minimum absolute atomic E-state index is 0.384. The molecule has 0 saturated carbocycles. The Balaban J connectivity index is 2.57. The van der Waals surface area contributed by atoms with Crippen LogP contribution >= 0.6 is 23.2 Å². The van der Waals surface area contributed by atoms with Crippen molar-refractivity contribution < 1.29 is 4.42 Å². The lowest BCUT2D eigenvalue weighted by molar-refractivity contribution is 0.533. The van der Waals surface area contributed by atoms with Gasteiger partial charge in [0.25, 0.3) is 0 Å². The lowest BCUT2D eigenvalue weighted by atomic mass is 10.2. The van der Waals surface area contributed by atoms with Crippen molar-refractivity contribution in [1.29, 1.82) is 0 Å². The summed E-state index contributed by atoms with van der Waals surface area (Å²) >= 11 is 11.8. The van der Waals surface area contributed by atoms with E-state index < -0.39 is 0 Å². The fourth-order valence-corrected chi connectivity index (χ4v) is 1.46. The Bertz CT molecular complexity index is 468. The third-order valence-electron chi connectivity index (χ3n) is 1.71. The summed E-state index contributed by atoms with van der Waals surface area (Å²) in [5, 5.41) is 8.47. The number of hydrogen-bond donors (Lipinski definition) is 0. The lowest BCUT2D eigenvalue weighted by Gasteiger charge is -1.99. The molecule has 1 heterocycles. The molecule has 0 atom stereocenters. The van der Waals surface area contributed by atoms with Gasteiger partial charge in [-0.3, -0.25) is 0 Å². The van der Waals surface area contributed by atoms with Gasteiger partial charge in [0.1, 0.15) is 0 Å².